The first-order valence-corrected chi connectivity index (χ1v) is 8.04. The number of amides is 1. The molecule has 1 heterocycles. The van der Waals surface area contributed by atoms with Crippen LogP contribution in [0.15, 0.2) is 18.2 Å². The van der Waals surface area contributed by atoms with Gasteiger partial charge in [0.1, 0.15) is 0 Å². The molecule has 0 bridgehead atoms. The number of nitrogens with zero attached hydrogens (tertiary/aromatic N) is 1. The first-order chi connectivity index (χ1) is 12.0. The molecule has 0 aliphatic carbocycles. The molecule has 1 unspecified atom stereocenters. The van der Waals surface area contributed by atoms with Gasteiger partial charge in [0.15, 0.2) is 11.5 Å². The van der Waals surface area contributed by atoms with Crippen LogP contribution < -0.4 is 9.47 Å². The minimum atomic E-state index is -2.99. The Kier molecular flexibility index (Phi) is 7.39. The summed E-state index contributed by atoms with van der Waals surface area (Å²) in [6.45, 7) is -0.186. The van der Waals surface area contributed by atoms with Crippen molar-refractivity contribution in [3.05, 3.63) is 23.8 Å². The number of hydrogen-bond donors (Lipinski definition) is 0. The molecular formula is C17H23F2NO5. The van der Waals surface area contributed by atoms with Crippen molar-refractivity contribution in [2.75, 3.05) is 47.1 Å². The predicted octanol–water partition coefficient (Wildman–Crippen LogP) is 2.42. The Hall–Kier alpha value is -1.93. The summed E-state index contributed by atoms with van der Waals surface area (Å²) in [7, 11) is 2.96. The number of ether oxygens (including phenoxy) is 4. The number of benzene rings is 1. The average Bonchev–Trinajstić information content (AvgIpc) is 3.06. The van der Waals surface area contributed by atoms with Crippen molar-refractivity contribution in [3.63, 3.8) is 0 Å². The number of hydrogen-bond acceptors (Lipinski definition) is 5. The van der Waals surface area contributed by atoms with Crippen LogP contribution in [0.5, 0.6) is 11.5 Å². The van der Waals surface area contributed by atoms with E-state index in [4.69, 9.17) is 14.2 Å². The van der Waals surface area contributed by atoms with Crippen molar-refractivity contribution in [1.29, 1.82) is 0 Å². The van der Waals surface area contributed by atoms with Gasteiger partial charge in [0, 0.05) is 31.7 Å². The Balaban J connectivity index is 1.96. The second kappa shape index (κ2) is 9.53. The van der Waals surface area contributed by atoms with Gasteiger partial charge in [-0.05, 0) is 24.6 Å². The third kappa shape index (κ3) is 5.54. The monoisotopic (exact) mass is 359 g/mol. The molecule has 1 saturated heterocycles. The van der Waals surface area contributed by atoms with Crippen LogP contribution in [0.1, 0.15) is 16.8 Å². The van der Waals surface area contributed by atoms with E-state index in [1.807, 2.05) is 0 Å². The quantitative estimate of drug-likeness (QED) is 0.634. The van der Waals surface area contributed by atoms with E-state index >= 15 is 0 Å². The molecule has 0 N–H and O–H groups in total. The normalized spacial score (nSPS) is 17.2. The van der Waals surface area contributed by atoms with Gasteiger partial charge >= 0.3 is 6.61 Å². The second-order valence-corrected chi connectivity index (χ2v) is 5.72. The summed E-state index contributed by atoms with van der Waals surface area (Å²) >= 11 is 0. The van der Waals surface area contributed by atoms with E-state index in [1.165, 1.54) is 19.2 Å². The summed E-state index contributed by atoms with van der Waals surface area (Å²) in [5.41, 5.74) is 0.289. The standard InChI is InChI=1S/C17H23F2NO5/c1-22-7-8-24-11-12-5-6-20(10-12)16(21)13-3-4-14(23-2)15(9-13)25-17(18)19/h3-4,9,12,17H,5-8,10-11H2,1-2H3. The van der Waals surface area contributed by atoms with Crippen molar-refractivity contribution in [3.8, 4) is 11.5 Å². The van der Waals surface area contributed by atoms with Crippen molar-refractivity contribution >= 4 is 5.91 Å². The molecular weight excluding hydrogens is 336 g/mol. The Labute approximate surface area is 145 Å². The summed E-state index contributed by atoms with van der Waals surface area (Å²) in [5.74, 6) is 0.0432. The van der Waals surface area contributed by atoms with Gasteiger partial charge < -0.3 is 23.8 Å². The fourth-order valence-electron chi connectivity index (χ4n) is 2.73. The second-order valence-electron chi connectivity index (χ2n) is 5.72. The molecule has 1 aromatic rings. The molecule has 1 amide bonds. The number of halogens is 2. The van der Waals surface area contributed by atoms with Gasteiger partial charge in [-0.25, -0.2) is 0 Å². The van der Waals surface area contributed by atoms with Crippen molar-refractivity contribution in [2.45, 2.75) is 13.0 Å². The lowest BCUT2D eigenvalue weighted by atomic mass is 10.1. The third-order valence-corrected chi connectivity index (χ3v) is 3.99. The highest BCUT2D eigenvalue weighted by Gasteiger charge is 2.27. The van der Waals surface area contributed by atoms with Crippen LogP contribution in [-0.2, 0) is 9.47 Å². The number of carbonyl (C=O) groups is 1. The lowest BCUT2D eigenvalue weighted by Gasteiger charge is -2.18. The van der Waals surface area contributed by atoms with Gasteiger partial charge in [0.05, 0.1) is 26.9 Å². The minimum Gasteiger partial charge on any atom is -0.493 e. The smallest absolute Gasteiger partial charge is 0.387 e. The van der Waals surface area contributed by atoms with Crippen molar-refractivity contribution < 1.29 is 32.5 Å². The van der Waals surface area contributed by atoms with E-state index in [9.17, 15) is 13.6 Å². The molecule has 1 fully saturated rings. The van der Waals surface area contributed by atoms with Crippen LogP contribution in [-0.4, -0.2) is 64.5 Å². The van der Waals surface area contributed by atoms with E-state index < -0.39 is 6.61 Å². The number of carbonyl (C=O) groups excluding carboxylic acids is 1. The van der Waals surface area contributed by atoms with Gasteiger partial charge in [0.2, 0.25) is 0 Å². The molecule has 0 radical (unpaired) electrons. The lowest BCUT2D eigenvalue weighted by molar-refractivity contribution is -0.0512. The minimum absolute atomic E-state index is 0.151. The molecule has 140 valence electrons. The fourth-order valence-corrected chi connectivity index (χ4v) is 2.73. The summed E-state index contributed by atoms with van der Waals surface area (Å²) in [4.78, 5) is 14.3. The van der Waals surface area contributed by atoms with Gasteiger partial charge in [-0.3, -0.25) is 4.79 Å². The van der Waals surface area contributed by atoms with E-state index in [-0.39, 0.29) is 28.9 Å². The maximum absolute atomic E-state index is 12.6. The van der Waals surface area contributed by atoms with Crippen molar-refractivity contribution in [2.24, 2.45) is 5.92 Å². The molecule has 1 aromatic carbocycles. The number of methoxy groups -OCH3 is 2. The summed E-state index contributed by atoms with van der Waals surface area (Å²) in [5, 5.41) is 0. The molecule has 25 heavy (non-hydrogen) atoms. The molecule has 1 atom stereocenters. The number of rotatable bonds is 9. The Morgan fingerprint density at radius 1 is 1.28 bits per heavy atom. The molecule has 0 saturated carbocycles. The molecule has 8 heteroatoms. The Morgan fingerprint density at radius 2 is 2.08 bits per heavy atom. The highest BCUT2D eigenvalue weighted by Crippen LogP contribution is 2.30. The Bertz CT molecular complexity index is 570. The van der Waals surface area contributed by atoms with Gasteiger partial charge in [0.25, 0.3) is 5.91 Å². The van der Waals surface area contributed by atoms with Crippen LogP contribution in [0.4, 0.5) is 8.78 Å². The molecule has 2 rings (SSSR count). The summed E-state index contributed by atoms with van der Waals surface area (Å²) in [6.07, 6.45) is 0.843. The highest BCUT2D eigenvalue weighted by molar-refractivity contribution is 5.95. The molecule has 1 aliphatic heterocycles. The van der Waals surface area contributed by atoms with Crippen LogP contribution in [0.25, 0.3) is 0 Å². The molecule has 0 spiro atoms. The molecule has 6 nitrogen and oxygen atoms in total. The first-order valence-electron chi connectivity index (χ1n) is 8.04. The van der Waals surface area contributed by atoms with E-state index in [1.54, 1.807) is 18.1 Å². The fraction of sp³-hybridized carbons (Fsp3) is 0.588. The maximum atomic E-state index is 12.6. The van der Waals surface area contributed by atoms with Crippen LogP contribution in [0, 0.1) is 5.92 Å². The third-order valence-electron chi connectivity index (χ3n) is 3.99. The zero-order valence-electron chi connectivity index (χ0n) is 14.4. The SMILES string of the molecule is COCCOCC1CCN(C(=O)c2ccc(OC)c(OC(F)F)c2)C1. The lowest BCUT2D eigenvalue weighted by Crippen LogP contribution is -2.29. The first kappa shape index (κ1) is 19.4. The Morgan fingerprint density at radius 3 is 2.76 bits per heavy atom. The van der Waals surface area contributed by atoms with Gasteiger partial charge in [-0.2, -0.15) is 8.78 Å². The zero-order chi connectivity index (χ0) is 18.2. The van der Waals surface area contributed by atoms with Gasteiger partial charge in [-0.15, -0.1) is 0 Å². The average molecular weight is 359 g/mol. The topological polar surface area (TPSA) is 57.2 Å². The number of likely N-dealkylation sites (tertiary alicyclic amines) is 1. The highest BCUT2D eigenvalue weighted by atomic mass is 19.3. The van der Waals surface area contributed by atoms with E-state index in [0.29, 0.717) is 32.9 Å². The predicted molar refractivity (Wildman–Crippen MR) is 86.3 cm³/mol. The largest absolute Gasteiger partial charge is 0.493 e. The summed E-state index contributed by atoms with van der Waals surface area (Å²) in [6, 6.07) is 4.28. The molecule has 1 aliphatic rings. The summed E-state index contributed by atoms with van der Waals surface area (Å²) < 4.78 is 44.8. The van der Waals surface area contributed by atoms with Gasteiger partial charge in [-0.1, -0.05) is 0 Å². The zero-order valence-corrected chi connectivity index (χ0v) is 14.4. The molecule has 0 aromatic heterocycles. The van der Waals surface area contributed by atoms with E-state index in [0.717, 1.165) is 6.42 Å². The van der Waals surface area contributed by atoms with Crippen LogP contribution in [0.3, 0.4) is 0 Å². The van der Waals surface area contributed by atoms with Crippen LogP contribution in [0.2, 0.25) is 0 Å². The number of alkyl halides is 2. The van der Waals surface area contributed by atoms with E-state index in [2.05, 4.69) is 4.74 Å². The van der Waals surface area contributed by atoms with Crippen molar-refractivity contribution in [1.82, 2.24) is 4.90 Å². The van der Waals surface area contributed by atoms with Crippen LogP contribution >= 0.6 is 0 Å². The maximum Gasteiger partial charge on any atom is 0.387 e.